The highest BCUT2D eigenvalue weighted by Gasteiger charge is 2.20. The number of aryl methyl sites for hydroxylation is 2. The number of hydrogen-bond acceptors (Lipinski definition) is 4. The Kier molecular flexibility index (Phi) is 6.17. The number of nitrogens with zero attached hydrogens (tertiary/aromatic N) is 2. The van der Waals surface area contributed by atoms with E-state index in [9.17, 15) is 4.79 Å². The third-order valence-corrected chi connectivity index (χ3v) is 4.98. The predicted octanol–water partition coefficient (Wildman–Crippen LogP) is 5.12. The Hall–Kier alpha value is -3.80. The standard InChI is InChI=1S/C25H25N3O3/c1-18-8-6-9-20(16-18)28-25(31-21-10-4-3-5-11-21)23(19(2)27-28)13-14-24(29)26-17-22-12-7-15-30-22/h3-12,15-16H,13-14,17H2,1-2H3,(H,26,29). The minimum atomic E-state index is -0.0511. The van der Waals surface area contributed by atoms with Crippen molar-refractivity contribution in [2.75, 3.05) is 0 Å². The first-order chi connectivity index (χ1) is 15.1. The van der Waals surface area contributed by atoms with Crippen LogP contribution in [-0.2, 0) is 17.8 Å². The summed E-state index contributed by atoms with van der Waals surface area (Å²) in [6, 6.07) is 21.3. The van der Waals surface area contributed by atoms with Crippen molar-refractivity contribution in [3.8, 4) is 17.3 Å². The van der Waals surface area contributed by atoms with E-state index >= 15 is 0 Å². The Morgan fingerprint density at radius 2 is 1.90 bits per heavy atom. The Morgan fingerprint density at radius 1 is 1.06 bits per heavy atom. The van der Waals surface area contributed by atoms with Crippen LogP contribution in [0, 0.1) is 13.8 Å². The van der Waals surface area contributed by atoms with Gasteiger partial charge in [0.15, 0.2) is 0 Å². The maximum atomic E-state index is 12.4. The molecular weight excluding hydrogens is 390 g/mol. The molecule has 1 N–H and O–H groups in total. The summed E-state index contributed by atoms with van der Waals surface area (Å²) in [6.07, 6.45) is 2.44. The number of hydrogen-bond donors (Lipinski definition) is 1. The van der Waals surface area contributed by atoms with Crippen LogP contribution in [-0.4, -0.2) is 15.7 Å². The summed E-state index contributed by atoms with van der Waals surface area (Å²) in [5, 5.41) is 7.62. The molecule has 0 saturated carbocycles. The van der Waals surface area contributed by atoms with Gasteiger partial charge >= 0.3 is 0 Å². The Bertz CT molecular complexity index is 1150. The highest BCUT2D eigenvalue weighted by Crippen LogP contribution is 2.31. The Morgan fingerprint density at radius 3 is 2.65 bits per heavy atom. The van der Waals surface area contributed by atoms with Gasteiger partial charge < -0.3 is 14.5 Å². The second-order valence-corrected chi connectivity index (χ2v) is 7.39. The van der Waals surface area contributed by atoms with Crippen molar-refractivity contribution in [1.82, 2.24) is 15.1 Å². The molecule has 6 heteroatoms. The number of ether oxygens (including phenoxy) is 1. The number of para-hydroxylation sites is 1. The molecule has 0 spiro atoms. The van der Waals surface area contributed by atoms with Crippen LogP contribution < -0.4 is 10.1 Å². The van der Waals surface area contributed by atoms with Crippen molar-refractivity contribution >= 4 is 5.91 Å². The fourth-order valence-corrected chi connectivity index (χ4v) is 3.39. The zero-order chi connectivity index (χ0) is 21.6. The molecule has 4 rings (SSSR count). The number of nitrogens with one attached hydrogen (secondary N) is 1. The number of rotatable bonds is 8. The third kappa shape index (κ3) is 5.04. The summed E-state index contributed by atoms with van der Waals surface area (Å²) in [5.41, 5.74) is 3.81. The molecule has 4 aromatic rings. The zero-order valence-electron chi connectivity index (χ0n) is 17.7. The van der Waals surface area contributed by atoms with Gasteiger partial charge in [-0.25, -0.2) is 4.68 Å². The molecule has 6 nitrogen and oxygen atoms in total. The lowest BCUT2D eigenvalue weighted by Gasteiger charge is -2.12. The van der Waals surface area contributed by atoms with Gasteiger partial charge in [0.05, 0.1) is 24.2 Å². The monoisotopic (exact) mass is 415 g/mol. The van der Waals surface area contributed by atoms with Crippen LogP contribution in [0.5, 0.6) is 11.6 Å². The first-order valence-electron chi connectivity index (χ1n) is 10.3. The molecule has 0 unspecified atom stereocenters. The van der Waals surface area contributed by atoms with Crippen LogP contribution in [0.4, 0.5) is 0 Å². The van der Waals surface area contributed by atoms with Crippen LogP contribution >= 0.6 is 0 Å². The maximum absolute atomic E-state index is 12.4. The quantitative estimate of drug-likeness (QED) is 0.433. The largest absolute Gasteiger partial charge is 0.467 e. The normalized spacial score (nSPS) is 10.8. The number of carbonyl (C=O) groups excluding carboxylic acids is 1. The maximum Gasteiger partial charge on any atom is 0.226 e. The van der Waals surface area contributed by atoms with E-state index in [0.717, 1.165) is 34.0 Å². The first-order valence-corrected chi connectivity index (χ1v) is 10.3. The minimum Gasteiger partial charge on any atom is -0.467 e. The molecule has 31 heavy (non-hydrogen) atoms. The van der Waals surface area contributed by atoms with Crippen molar-refractivity contribution in [3.05, 3.63) is 95.6 Å². The van der Waals surface area contributed by atoms with Crippen molar-refractivity contribution in [2.45, 2.75) is 33.2 Å². The van der Waals surface area contributed by atoms with Crippen molar-refractivity contribution in [2.24, 2.45) is 0 Å². The van der Waals surface area contributed by atoms with Gasteiger partial charge in [0, 0.05) is 12.0 Å². The van der Waals surface area contributed by atoms with Gasteiger partial charge in [-0.05, 0) is 62.2 Å². The minimum absolute atomic E-state index is 0.0511. The predicted molar refractivity (Wildman–Crippen MR) is 118 cm³/mol. The molecule has 2 aromatic heterocycles. The molecule has 1 amide bonds. The second kappa shape index (κ2) is 9.34. The van der Waals surface area contributed by atoms with E-state index in [1.54, 1.807) is 12.3 Å². The molecule has 0 saturated heterocycles. The molecule has 158 valence electrons. The summed E-state index contributed by atoms with van der Waals surface area (Å²) >= 11 is 0. The van der Waals surface area contributed by atoms with E-state index in [2.05, 4.69) is 11.4 Å². The molecule has 0 aliphatic carbocycles. The van der Waals surface area contributed by atoms with Gasteiger partial charge in [-0.1, -0.05) is 30.3 Å². The Balaban J connectivity index is 1.57. The smallest absolute Gasteiger partial charge is 0.226 e. The zero-order valence-corrected chi connectivity index (χ0v) is 17.7. The van der Waals surface area contributed by atoms with Crippen LogP contribution in [0.1, 0.15) is 29.0 Å². The molecule has 0 fully saturated rings. The van der Waals surface area contributed by atoms with Gasteiger partial charge in [-0.3, -0.25) is 4.79 Å². The van der Waals surface area contributed by atoms with Crippen LogP contribution in [0.25, 0.3) is 5.69 Å². The van der Waals surface area contributed by atoms with Gasteiger partial charge in [-0.2, -0.15) is 5.10 Å². The van der Waals surface area contributed by atoms with Crippen molar-refractivity contribution < 1.29 is 13.9 Å². The number of aromatic nitrogens is 2. The topological polar surface area (TPSA) is 69.3 Å². The van der Waals surface area contributed by atoms with Gasteiger partial charge in [0.1, 0.15) is 11.5 Å². The summed E-state index contributed by atoms with van der Waals surface area (Å²) in [6.45, 7) is 4.36. The fourth-order valence-electron chi connectivity index (χ4n) is 3.39. The fraction of sp³-hybridized carbons (Fsp3) is 0.200. The van der Waals surface area contributed by atoms with E-state index in [1.807, 2.05) is 73.1 Å². The summed E-state index contributed by atoms with van der Waals surface area (Å²) < 4.78 is 13.3. The second-order valence-electron chi connectivity index (χ2n) is 7.39. The summed E-state index contributed by atoms with van der Waals surface area (Å²) in [7, 11) is 0. The average Bonchev–Trinajstić information content (AvgIpc) is 3.40. The van der Waals surface area contributed by atoms with E-state index < -0.39 is 0 Å². The average molecular weight is 415 g/mol. The highest BCUT2D eigenvalue weighted by atomic mass is 16.5. The van der Waals surface area contributed by atoms with E-state index in [0.29, 0.717) is 25.3 Å². The van der Waals surface area contributed by atoms with Gasteiger partial charge in [0.25, 0.3) is 0 Å². The van der Waals surface area contributed by atoms with Crippen molar-refractivity contribution in [3.63, 3.8) is 0 Å². The van der Waals surface area contributed by atoms with E-state index in [-0.39, 0.29) is 5.91 Å². The molecule has 0 atom stereocenters. The number of furan rings is 1. The van der Waals surface area contributed by atoms with Crippen LogP contribution in [0.15, 0.2) is 77.4 Å². The van der Waals surface area contributed by atoms with Crippen molar-refractivity contribution in [1.29, 1.82) is 0 Å². The van der Waals surface area contributed by atoms with E-state index in [4.69, 9.17) is 14.3 Å². The lowest BCUT2D eigenvalue weighted by molar-refractivity contribution is -0.121. The lowest BCUT2D eigenvalue weighted by Crippen LogP contribution is -2.22. The highest BCUT2D eigenvalue weighted by molar-refractivity contribution is 5.76. The molecule has 0 aliphatic rings. The van der Waals surface area contributed by atoms with Gasteiger partial charge in [-0.15, -0.1) is 0 Å². The van der Waals surface area contributed by atoms with Crippen LogP contribution in [0.2, 0.25) is 0 Å². The molecule has 0 bridgehead atoms. The van der Waals surface area contributed by atoms with Gasteiger partial charge in [0.2, 0.25) is 11.8 Å². The number of carbonyl (C=O) groups is 1. The SMILES string of the molecule is Cc1cccc(-n2nc(C)c(CCC(=O)NCc3ccco3)c2Oc2ccccc2)c1. The molecule has 2 aromatic carbocycles. The van der Waals surface area contributed by atoms with Crippen LogP contribution in [0.3, 0.4) is 0 Å². The molecule has 0 aliphatic heterocycles. The molecule has 2 heterocycles. The first kappa shape index (κ1) is 20.5. The third-order valence-electron chi connectivity index (χ3n) is 4.98. The summed E-state index contributed by atoms with van der Waals surface area (Å²) in [4.78, 5) is 12.4. The number of benzene rings is 2. The lowest BCUT2D eigenvalue weighted by atomic mass is 10.1. The van der Waals surface area contributed by atoms with E-state index in [1.165, 1.54) is 0 Å². The molecule has 0 radical (unpaired) electrons. The summed E-state index contributed by atoms with van der Waals surface area (Å²) in [5.74, 6) is 2.03. The number of amides is 1. The molecular formula is C25H25N3O3. The Labute approximate surface area is 181 Å².